The van der Waals surface area contributed by atoms with Crippen molar-refractivity contribution in [1.82, 2.24) is 29.5 Å². The first-order chi connectivity index (χ1) is 9.84. The molecule has 0 aliphatic rings. The molecule has 2 N–H and O–H groups in total. The second-order valence-electron chi connectivity index (χ2n) is 4.12. The molecule has 0 aliphatic heterocycles. The van der Waals surface area contributed by atoms with Gasteiger partial charge in [-0.2, -0.15) is 0 Å². The highest BCUT2D eigenvalue weighted by Crippen LogP contribution is 2.17. The van der Waals surface area contributed by atoms with Crippen LogP contribution in [-0.2, 0) is 6.54 Å². The second-order valence-corrected chi connectivity index (χ2v) is 5.23. The molecule has 7 nitrogen and oxygen atoms in total. The molecule has 0 amide bonds. The molecule has 102 valence electrons. The lowest BCUT2D eigenvalue weighted by Crippen LogP contribution is -2.00. The van der Waals surface area contributed by atoms with Crippen molar-refractivity contribution in [2.75, 3.05) is 11.5 Å². The highest BCUT2D eigenvalue weighted by molar-refractivity contribution is 7.99. The summed E-state index contributed by atoms with van der Waals surface area (Å²) < 4.78 is 1.99. The molecule has 0 saturated carbocycles. The van der Waals surface area contributed by atoms with Crippen LogP contribution < -0.4 is 5.73 Å². The van der Waals surface area contributed by atoms with Gasteiger partial charge in [-0.05, 0) is 12.5 Å². The molecule has 3 aromatic rings. The van der Waals surface area contributed by atoms with E-state index < -0.39 is 0 Å². The van der Waals surface area contributed by atoms with Crippen LogP contribution in [0.5, 0.6) is 0 Å². The van der Waals surface area contributed by atoms with Crippen molar-refractivity contribution in [2.45, 2.75) is 18.0 Å². The molecule has 0 fully saturated rings. The molecule has 3 heterocycles. The van der Waals surface area contributed by atoms with Crippen molar-refractivity contribution in [3.05, 3.63) is 31.2 Å². The van der Waals surface area contributed by atoms with E-state index in [9.17, 15) is 0 Å². The first-order valence-electron chi connectivity index (χ1n) is 6.15. The van der Waals surface area contributed by atoms with Crippen molar-refractivity contribution in [1.29, 1.82) is 0 Å². The topological polar surface area (TPSA) is 95.4 Å². The maximum atomic E-state index is 5.76. The van der Waals surface area contributed by atoms with Gasteiger partial charge < -0.3 is 10.3 Å². The number of fused-ring (bicyclic) bond motifs is 1. The van der Waals surface area contributed by atoms with E-state index in [1.165, 1.54) is 6.33 Å². The van der Waals surface area contributed by atoms with Gasteiger partial charge in [0.1, 0.15) is 18.2 Å². The lowest BCUT2D eigenvalue weighted by molar-refractivity contribution is 0.696. The van der Waals surface area contributed by atoms with Crippen molar-refractivity contribution < 1.29 is 0 Å². The second kappa shape index (κ2) is 5.83. The van der Waals surface area contributed by atoms with Crippen LogP contribution >= 0.6 is 11.8 Å². The van der Waals surface area contributed by atoms with Gasteiger partial charge >= 0.3 is 0 Å². The summed E-state index contributed by atoms with van der Waals surface area (Å²) in [5.41, 5.74) is 7.20. The van der Waals surface area contributed by atoms with Crippen LogP contribution in [0.3, 0.4) is 0 Å². The van der Waals surface area contributed by atoms with Crippen molar-refractivity contribution in [3.63, 3.8) is 0 Å². The number of rotatable bonds is 5. The van der Waals surface area contributed by atoms with Gasteiger partial charge in [-0.25, -0.2) is 24.9 Å². The highest BCUT2D eigenvalue weighted by Gasteiger charge is 2.07. The van der Waals surface area contributed by atoms with Gasteiger partial charge in [0.2, 0.25) is 0 Å². The maximum Gasteiger partial charge on any atom is 0.165 e. The fourth-order valence-electron chi connectivity index (χ4n) is 1.84. The van der Waals surface area contributed by atoms with Crippen LogP contribution in [0.25, 0.3) is 11.2 Å². The summed E-state index contributed by atoms with van der Waals surface area (Å²) in [5.74, 6) is 1.39. The summed E-state index contributed by atoms with van der Waals surface area (Å²) in [7, 11) is 0. The summed E-state index contributed by atoms with van der Waals surface area (Å²) in [5, 5.41) is 0.988. The number of hydrogen-bond acceptors (Lipinski definition) is 7. The Kier molecular flexibility index (Phi) is 3.73. The van der Waals surface area contributed by atoms with E-state index in [2.05, 4.69) is 24.9 Å². The highest BCUT2D eigenvalue weighted by atomic mass is 32.2. The Morgan fingerprint density at radius 2 is 2.10 bits per heavy atom. The minimum atomic E-state index is 0.420. The summed E-state index contributed by atoms with van der Waals surface area (Å²) in [6, 6.07) is 1.91. The van der Waals surface area contributed by atoms with E-state index in [0.717, 1.165) is 29.4 Å². The zero-order chi connectivity index (χ0) is 13.8. The van der Waals surface area contributed by atoms with Crippen LogP contribution in [-0.4, -0.2) is 35.2 Å². The van der Waals surface area contributed by atoms with Gasteiger partial charge in [-0.15, -0.1) is 11.8 Å². The standard InChI is InChI=1S/C12H13N7S/c13-11-10-12(17-7-16-11)19(8-18-10)4-1-5-20-9-2-3-14-6-15-9/h2-3,6-8H,1,4-5H2,(H2,13,16,17). The fraction of sp³-hybridized carbons (Fsp3) is 0.250. The number of nitrogens with two attached hydrogens (primary N) is 1. The number of nitrogen functional groups attached to an aromatic ring is 1. The van der Waals surface area contributed by atoms with Crippen LogP contribution in [0.15, 0.2) is 36.3 Å². The molecular weight excluding hydrogens is 274 g/mol. The molecule has 0 aromatic carbocycles. The van der Waals surface area contributed by atoms with Gasteiger partial charge in [0.25, 0.3) is 0 Å². The molecule has 0 spiro atoms. The van der Waals surface area contributed by atoms with E-state index in [-0.39, 0.29) is 0 Å². The molecule has 3 rings (SSSR count). The molecule has 0 unspecified atom stereocenters. The zero-order valence-electron chi connectivity index (χ0n) is 10.7. The van der Waals surface area contributed by atoms with Gasteiger partial charge in [0.15, 0.2) is 11.5 Å². The van der Waals surface area contributed by atoms with Gasteiger partial charge in [0, 0.05) is 18.5 Å². The van der Waals surface area contributed by atoms with Crippen LogP contribution in [0, 0.1) is 0 Å². The molecule has 0 radical (unpaired) electrons. The number of thioether (sulfide) groups is 1. The van der Waals surface area contributed by atoms with E-state index in [1.807, 2.05) is 10.6 Å². The third kappa shape index (κ3) is 2.69. The number of hydrogen-bond donors (Lipinski definition) is 1. The van der Waals surface area contributed by atoms with Crippen molar-refractivity contribution in [3.8, 4) is 0 Å². The first kappa shape index (κ1) is 12.8. The van der Waals surface area contributed by atoms with Gasteiger partial charge in [-0.1, -0.05) is 0 Å². The number of anilines is 1. The summed E-state index contributed by atoms with van der Waals surface area (Å²) >= 11 is 1.71. The average Bonchev–Trinajstić information content (AvgIpc) is 2.90. The Bertz CT molecular complexity index is 697. The van der Waals surface area contributed by atoms with Crippen LogP contribution in [0.1, 0.15) is 6.42 Å². The molecule has 8 heteroatoms. The normalized spacial score (nSPS) is 11.0. The molecule has 0 bridgehead atoms. The zero-order valence-corrected chi connectivity index (χ0v) is 11.5. The third-order valence-corrected chi connectivity index (χ3v) is 3.81. The Morgan fingerprint density at radius 3 is 2.95 bits per heavy atom. The number of aromatic nitrogens is 6. The quantitative estimate of drug-likeness (QED) is 0.430. The minimum Gasteiger partial charge on any atom is -0.382 e. The Balaban J connectivity index is 1.59. The Morgan fingerprint density at radius 1 is 1.15 bits per heavy atom. The third-order valence-electron chi connectivity index (χ3n) is 2.78. The van der Waals surface area contributed by atoms with E-state index in [4.69, 9.17) is 5.73 Å². The van der Waals surface area contributed by atoms with Gasteiger partial charge in [-0.3, -0.25) is 0 Å². The number of aryl methyl sites for hydroxylation is 1. The molecule has 3 aromatic heterocycles. The van der Waals surface area contributed by atoms with E-state index in [1.54, 1.807) is 30.6 Å². The maximum absolute atomic E-state index is 5.76. The molecule has 20 heavy (non-hydrogen) atoms. The largest absolute Gasteiger partial charge is 0.382 e. The SMILES string of the molecule is Nc1ncnc2c1ncn2CCCSc1ccncn1. The summed E-state index contributed by atoms with van der Waals surface area (Å²) in [4.78, 5) is 20.5. The fourth-order valence-corrected chi connectivity index (χ4v) is 2.60. The first-order valence-corrected chi connectivity index (χ1v) is 7.13. The predicted octanol–water partition coefficient (Wildman–Crippen LogP) is 1.38. The molecule has 0 atom stereocenters. The average molecular weight is 287 g/mol. The summed E-state index contributed by atoms with van der Waals surface area (Å²) in [6.07, 6.45) is 7.52. The summed E-state index contributed by atoms with van der Waals surface area (Å²) in [6.45, 7) is 0.838. The lowest BCUT2D eigenvalue weighted by Gasteiger charge is -2.03. The van der Waals surface area contributed by atoms with Crippen molar-refractivity contribution in [2.24, 2.45) is 0 Å². The molecule has 0 saturated heterocycles. The predicted molar refractivity (Wildman–Crippen MR) is 77.1 cm³/mol. The lowest BCUT2D eigenvalue weighted by atomic mass is 10.4. The Labute approximate surface area is 119 Å². The molecular formula is C12H13N7S. The van der Waals surface area contributed by atoms with E-state index in [0.29, 0.717) is 11.3 Å². The van der Waals surface area contributed by atoms with Gasteiger partial charge in [0.05, 0.1) is 11.4 Å². The Hall–Kier alpha value is -2.22. The van der Waals surface area contributed by atoms with Crippen molar-refractivity contribution >= 4 is 28.7 Å². The minimum absolute atomic E-state index is 0.420. The van der Waals surface area contributed by atoms with E-state index >= 15 is 0 Å². The smallest absolute Gasteiger partial charge is 0.165 e. The number of imidazole rings is 1. The monoisotopic (exact) mass is 287 g/mol. The molecule has 0 aliphatic carbocycles. The van der Waals surface area contributed by atoms with Crippen LogP contribution in [0.2, 0.25) is 0 Å². The van der Waals surface area contributed by atoms with Crippen LogP contribution in [0.4, 0.5) is 5.82 Å². The number of nitrogens with zero attached hydrogens (tertiary/aromatic N) is 6.